The van der Waals surface area contributed by atoms with E-state index in [9.17, 15) is 9.59 Å². The highest BCUT2D eigenvalue weighted by Gasteiger charge is 2.22. The van der Waals surface area contributed by atoms with E-state index >= 15 is 0 Å². The topological polar surface area (TPSA) is 85.3 Å². The van der Waals surface area contributed by atoms with Crippen molar-refractivity contribution in [2.75, 3.05) is 20.3 Å². The van der Waals surface area contributed by atoms with Gasteiger partial charge in [-0.2, -0.15) is 0 Å². The van der Waals surface area contributed by atoms with Crippen LogP contribution in [0.1, 0.15) is 5.56 Å². The van der Waals surface area contributed by atoms with Crippen LogP contribution in [0.5, 0.6) is 11.5 Å². The third kappa shape index (κ3) is 3.33. The van der Waals surface area contributed by atoms with Crippen LogP contribution in [0.15, 0.2) is 52.1 Å². The molecule has 0 saturated carbocycles. The van der Waals surface area contributed by atoms with Gasteiger partial charge in [0.2, 0.25) is 0 Å². The maximum atomic E-state index is 12.5. The summed E-state index contributed by atoms with van der Waals surface area (Å²) in [6, 6.07) is 12.8. The lowest BCUT2D eigenvalue weighted by Gasteiger charge is -2.27. The maximum absolute atomic E-state index is 12.5. The van der Waals surface area contributed by atoms with Gasteiger partial charge in [-0.3, -0.25) is 14.7 Å². The molecule has 1 unspecified atom stereocenters. The smallest absolute Gasteiger partial charge is 0.273 e. The molecule has 0 spiro atoms. The summed E-state index contributed by atoms with van der Waals surface area (Å²) in [6.07, 6.45) is 0.815. The van der Waals surface area contributed by atoms with Crippen LogP contribution in [0, 0.1) is 0 Å². The predicted molar refractivity (Wildman–Crippen MR) is 103 cm³/mol. The predicted octanol–water partition coefficient (Wildman–Crippen LogP) is 1.29. The number of aromatic amines is 1. The molecule has 1 atom stereocenters. The van der Waals surface area contributed by atoms with Crippen LogP contribution in [-0.4, -0.2) is 36.1 Å². The summed E-state index contributed by atoms with van der Waals surface area (Å²) in [5.41, 5.74) is 0.642. The Kier molecular flexibility index (Phi) is 4.68. The van der Waals surface area contributed by atoms with Crippen molar-refractivity contribution in [2.45, 2.75) is 19.0 Å². The van der Waals surface area contributed by atoms with Crippen molar-refractivity contribution < 1.29 is 9.47 Å². The first kappa shape index (κ1) is 17.4. The normalized spacial score (nSPS) is 16.0. The number of methoxy groups -OCH3 is 1. The first-order valence-electron chi connectivity index (χ1n) is 8.91. The molecule has 0 bridgehead atoms. The SMILES string of the molecule is COc1cccc2c1OCC(NCCn1[nH]c(=O)c3ccccc3c1=O)C2. The summed E-state index contributed by atoms with van der Waals surface area (Å²) in [6.45, 7) is 1.44. The largest absolute Gasteiger partial charge is 0.493 e. The van der Waals surface area contributed by atoms with Crippen LogP contribution in [0.2, 0.25) is 0 Å². The second-order valence-corrected chi connectivity index (χ2v) is 6.56. The maximum Gasteiger partial charge on any atom is 0.273 e. The Morgan fingerprint density at radius 2 is 2.00 bits per heavy atom. The summed E-state index contributed by atoms with van der Waals surface area (Å²) in [5, 5.41) is 6.89. The van der Waals surface area contributed by atoms with Crippen molar-refractivity contribution in [1.29, 1.82) is 0 Å². The minimum atomic E-state index is -0.257. The lowest BCUT2D eigenvalue weighted by atomic mass is 10.0. The van der Waals surface area contributed by atoms with E-state index in [1.165, 1.54) is 4.68 Å². The third-order valence-electron chi connectivity index (χ3n) is 4.83. The van der Waals surface area contributed by atoms with Crippen LogP contribution >= 0.6 is 0 Å². The zero-order valence-corrected chi connectivity index (χ0v) is 15.0. The molecule has 1 aromatic heterocycles. The van der Waals surface area contributed by atoms with Crippen LogP contribution in [0.3, 0.4) is 0 Å². The van der Waals surface area contributed by atoms with Gasteiger partial charge in [0.15, 0.2) is 11.5 Å². The molecule has 2 N–H and O–H groups in total. The van der Waals surface area contributed by atoms with E-state index in [1.54, 1.807) is 31.4 Å². The van der Waals surface area contributed by atoms with Gasteiger partial charge < -0.3 is 14.8 Å². The van der Waals surface area contributed by atoms with Crippen molar-refractivity contribution in [3.8, 4) is 11.5 Å². The first-order chi connectivity index (χ1) is 13.2. The van der Waals surface area contributed by atoms with Crippen LogP contribution in [0.25, 0.3) is 10.8 Å². The molecule has 3 aromatic rings. The summed E-state index contributed by atoms with van der Waals surface area (Å²) < 4.78 is 12.5. The molecule has 0 fully saturated rings. The fourth-order valence-corrected chi connectivity index (χ4v) is 3.47. The van der Waals surface area contributed by atoms with E-state index < -0.39 is 0 Å². The standard InChI is InChI=1S/C20H21N3O4/c1-26-17-8-4-5-13-11-14(12-27-18(13)17)21-9-10-23-20(25)16-7-3-2-6-15(16)19(24)22-23/h2-8,14,21H,9-12H2,1H3,(H,22,24). The molecule has 0 amide bonds. The lowest BCUT2D eigenvalue weighted by Crippen LogP contribution is -2.42. The second-order valence-electron chi connectivity index (χ2n) is 6.56. The van der Waals surface area contributed by atoms with Crippen molar-refractivity contribution in [2.24, 2.45) is 0 Å². The zero-order chi connectivity index (χ0) is 18.8. The molecular formula is C20H21N3O4. The molecule has 27 heavy (non-hydrogen) atoms. The number of para-hydroxylation sites is 1. The quantitative estimate of drug-likeness (QED) is 0.710. The van der Waals surface area contributed by atoms with Crippen molar-refractivity contribution in [3.05, 3.63) is 68.7 Å². The number of nitrogens with zero attached hydrogens (tertiary/aromatic N) is 1. The van der Waals surface area contributed by atoms with Gasteiger partial charge in [-0.15, -0.1) is 0 Å². The highest BCUT2D eigenvalue weighted by molar-refractivity contribution is 5.80. The molecule has 7 heteroatoms. The molecule has 1 aliphatic rings. The van der Waals surface area contributed by atoms with Gasteiger partial charge >= 0.3 is 0 Å². The van der Waals surface area contributed by atoms with Gasteiger partial charge in [-0.25, -0.2) is 4.68 Å². The molecule has 1 aliphatic heterocycles. The molecule has 7 nitrogen and oxygen atoms in total. The Hall–Kier alpha value is -3.06. The Balaban J connectivity index is 1.44. The number of ether oxygens (including phenoxy) is 2. The number of aromatic nitrogens is 2. The van der Waals surface area contributed by atoms with E-state index in [-0.39, 0.29) is 17.2 Å². The monoisotopic (exact) mass is 367 g/mol. The molecule has 0 radical (unpaired) electrons. The number of benzene rings is 2. The molecule has 0 aliphatic carbocycles. The van der Waals surface area contributed by atoms with Gasteiger partial charge in [0.25, 0.3) is 11.1 Å². The zero-order valence-electron chi connectivity index (χ0n) is 15.0. The van der Waals surface area contributed by atoms with E-state index in [0.717, 1.165) is 23.5 Å². The summed E-state index contributed by atoms with van der Waals surface area (Å²) in [5.74, 6) is 1.54. The highest BCUT2D eigenvalue weighted by atomic mass is 16.5. The number of rotatable bonds is 5. The molecule has 4 rings (SSSR count). The molecular weight excluding hydrogens is 346 g/mol. The Morgan fingerprint density at radius 1 is 1.19 bits per heavy atom. The van der Waals surface area contributed by atoms with Gasteiger partial charge in [-0.05, 0) is 30.2 Å². The van der Waals surface area contributed by atoms with Crippen LogP contribution in [0.4, 0.5) is 0 Å². The van der Waals surface area contributed by atoms with Crippen LogP contribution < -0.4 is 25.9 Å². The van der Waals surface area contributed by atoms with Crippen molar-refractivity contribution >= 4 is 10.8 Å². The second kappa shape index (κ2) is 7.28. The molecule has 140 valence electrons. The summed E-state index contributed by atoms with van der Waals surface area (Å²) >= 11 is 0. The lowest BCUT2D eigenvalue weighted by molar-refractivity contribution is 0.226. The van der Waals surface area contributed by atoms with Crippen LogP contribution in [-0.2, 0) is 13.0 Å². The van der Waals surface area contributed by atoms with Gasteiger partial charge in [0.05, 0.1) is 24.4 Å². The Morgan fingerprint density at radius 3 is 2.81 bits per heavy atom. The Labute approximate surface area is 155 Å². The molecule has 2 heterocycles. The number of hydrogen-bond acceptors (Lipinski definition) is 5. The highest BCUT2D eigenvalue weighted by Crippen LogP contribution is 2.34. The minimum absolute atomic E-state index is 0.132. The molecule has 0 saturated heterocycles. The first-order valence-corrected chi connectivity index (χ1v) is 8.91. The third-order valence-corrected chi connectivity index (χ3v) is 4.83. The van der Waals surface area contributed by atoms with Gasteiger partial charge in [-0.1, -0.05) is 24.3 Å². The number of fused-ring (bicyclic) bond motifs is 2. The van der Waals surface area contributed by atoms with Crippen molar-refractivity contribution in [3.63, 3.8) is 0 Å². The van der Waals surface area contributed by atoms with E-state index in [2.05, 4.69) is 10.4 Å². The number of hydrogen-bond donors (Lipinski definition) is 2. The van der Waals surface area contributed by atoms with Gasteiger partial charge in [0, 0.05) is 12.6 Å². The number of nitrogens with one attached hydrogen (secondary N) is 2. The minimum Gasteiger partial charge on any atom is -0.493 e. The average Bonchev–Trinajstić information content (AvgIpc) is 2.71. The van der Waals surface area contributed by atoms with E-state index in [4.69, 9.17) is 9.47 Å². The summed E-state index contributed by atoms with van der Waals surface area (Å²) in [7, 11) is 1.63. The fraction of sp³-hybridized carbons (Fsp3) is 0.300. The molecule has 2 aromatic carbocycles. The van der Waals surface area contributed by atoms with E-state index in [1.807, 2.05) is 18.2 Å². The van der Waals surface area contributed by atoms with Crippen molar-refractivity contribution in [1.82, 2.24) is 15.1 Å². The average molecular weight is 367 g/mol. The fourth-order valence-electron chi connectivity index (χ4n) is 3.47. The Bertz CT molecular complexity index is 1090. The van der Waals surface area contributed by atoms with Gasteiger partial charge in [0.1, 0.15) is 6.61 Å². The summed E-state index contributed by atoms with van der Waals surface area (Å²) in [4.78, 5) is 24.7. The van der Waals surface area contributed by atoms with E-state index in [0.29, 0.717) is 30.5 Å². The number of H-pyrrole nitrogens is 1.